The first-order chi connectivity index (χ1) is 6.04. The Hall–Kier alpha value is -1.10. The predicted molar refractivity (Wildman–Crippen MR) is 41.8 cm³/mol. The van der Waals surface area contributed by atoms with E-state index in [0.717, 1.165) is 12.3 Å². The van der Waals surface area contributed by atoms with Crippen LogP contribution in [0.1, 0.15) is 30.6 Å². The van der Waals surface area contributed by atoms with Crippen molar-refractivity contribution < 1.29 is 13.2 Å². The third-order valence-corrected chi connectivity index (χ3v) is 1.61. The number of nitrogens with zero attached hydrogens (tertiary/aromatic N) is 1. The van der Waals surface area contributed by atoms with Crippen LogP contribution in [0, 0.1) is 5.82 Å². The minimum Gasteiger partial charge on any atom is -0.323 e. The van der Waals surface area contributed by atoms with E-state index in [4.69, 9.17) is 5.73 Å². The van der Waals surface area contributed by atoms with E-state index in [1.807, 2.05) is 0 Å². The highest BCUT2D eigenvalue weighted by molar-refractivity contribution is 5.22. The number of alkyl halides is 2. The molecular formula is C8H9F3N2. The van der Waals surface area contributed by atoms with E-state index in [1.165, 1.54) is 6.92 Å². The minimum atomic E-state index is -2.83. The van der Waals surface area contributed by atoms with Crippen LogP contribution < -0.4 is 5.73 Å². The summed E-state index contributed by atoms with van der Waals surface area (Å²) in [5.74, 6) is -1.01. The maximum atomic E-state index is 13.2. The van der Waals surface area contributed by atoms with E-state index in [9.17, 15) is 13.2 Å². The zero-order chi connectivity index (χ0) is 10.0. The molecule has 0 saturated heterocycles. The second kappa shape index (κ2) is 3.74. The summed E-state index contributed by atoms with van der Waals surface area (Å²) in [4.78, 5) is 3.59. The molecule has 1 heterocycles. The van der Waals surface area contributed by atoms with E-state index in [2.05, 4.69) is 4.98 Å². The van der Waals surface area contributed by atoms with Crippen molar-refractivity contribution >= 4 is 0 Å². The van der Waals surface area contributed by atoms with Crippen LogP contribution in [-0.4, -0.2) is 4.98 Å². The molecule has 1 aromatic rings. The maximum Gasteiger partial charge on any atom is 0.266 e. The summed E-state index contributed by atoms with van der Waals surface area (Å²) in [5.41, 5.74) is 4.56. The van der Waals surface area contributed by atoms with Gasteiger partial charge in [0.05, 0.1) is 11.3 Å². The molecule has 1 rings (SSSR count). The van der Waals surface area contributed by atoms with Crippen molar-refractivity contribution in [2.45, 2.75) is 19.4 Å². The molecule has 0 aliphatic rings. The molecule has 0 fully saturated rings. The summed E-state index contributed by atoms with van der Waals surface area (Å²) >= 11 is 0. The smallest absolute Gasteiger partial charge is 0.266 e. The fraction of sp³-hybridized carbons (Fsp3) is 0.375. The zero-order valence-corrected chi connectivity index (χ0v) is 6.97. The van der Waals surface area contributed by atoms with E-state index >= 15 is 0 Å². The lowest BCUT2D eigenvalue weighted by molar-refractivity contribution is 0.145. The third kappa shape index (κ3) is 1.98. The standard InChI is InChI=1S/C8H9F3N2/c1-4(12)7-6(9)5(8(10)11)2-3-13-7/h2-4,8H,12H2,1H3. The monoisotopic (exact) mass is 190 g/mol. The first kappa shape index (κ1) is 9.98. The van der Waals surface area contributed by atoms with Gasteiger partial charge in [-0.25, -0.2) is 13.2 Å². The highest BCUT2D eigenvalue weighted by Gasteiger charge is 2.18. The van der Waals surface area contributed by atoms with Gasteiger partial charge in [0, 0.05) is 12.2 Å². The quantitative estimate of drug-likeness (QED) is 0.776. The molecule has 0 bridgehead atoms. The average Bonchev–Trinajstić information content (AvgIpc) is 2.03. The Morgan fingerprint density at radius 2 is 2.08 bits per heavy atom. The largest absolute Gasteiger partial charge is 0.323 e. The predicted octanol–water partition coefficient (Wildman–Crippen LogP) is 2.18. The highest BCUT2D eigenvalue weighted by atomic mass is 19.3. The maximum absolute atomic E-state index is 13.2. The summed E-state index contributed by atoms with van der Waals surface area (Å²) in [5, 5.41) is 0. The Kier molecular flexibility index (Phi) is 2.87. The van der Waals surface area contributed by atoms with E-state index in [-0.39, 0.29) is 5.69 Å². The molecule has 1 atom stereocenters. The summed E-state index contributed by atoms with van der Waals surface area (Å²) in [6.45, 7) is 1.49. The SMILES string of the molecule is CC(N)c1nccc(C(F)F)c1F. The molecule has 0 saturated carbocycles. The fourth-order valence-electron chi connectivity index (χ4n) is 0.962. The van der Waals surface area contributed by atoms with E-state index in [1.54, 1.807) is 0 Å². The fourth-order valence-corrected chi connectivity index (χ4v) is 0.962. The summed E-state index contributed by atoms with van der Waals surface area (Å²) in [7, 11) is 0. The third-order valence-electron chi connectivity index (χ3n) is 1.61. The van der Waals surface area contributed by atoms with E-state index < -0.39 is 23.8 Å². The first-order valence-corrected chi connectivity index (χ1v) is 3.72. The Morgan fingerprint density at radius 3 is 2.54 bits per heavy atom. The highest BCUT2D eigenvalue weighted by Crippen LogP contribution is 2.24. The van der Waals surface area contributed by atoms with Crippen LogP contribution in [-0.2, 0) is 0 Å². The number of nitrogens with two attached hydrogens (primary N) is 1. The average molecular weight is 190 g/mol. The molecular weight excluding hydrogens is 181 g/mol. The van der Waals surface area contributed by atoms with Crippen LogP contribution in [0.2, 0.25) is 0 Å². The van der Waals surface area contributed by atoms with Crippen LogP contribution >= 0.6 is 0 Å². The number of pyridine rings is 1. The van der Waals surface area contributed by atoms with Crippen molar-refractivity contribution in [3.63, 3.8) is 0 Å². The molecule has 0 spiro atoms. The van der Waals surface area contributed by atoms with Gasteiger partial charge in [-0.15, -0.1) is 0 Å². The Bertz CT molecular complexity index is 273. The number of aromatic nitrogens is 1. The second-order valence-electron chi connectivity index (χ2n) is 2.69. The Labute approximate surface area is 73.6 Å². The van der Waals surface area contributed by atoms with Gasteiger partial charge in [-0.05, 0) is 13.0 Å². The van der Waals surface area contributed by atoms with Crippen molar-refractivity contribution in [2.24, 2.45) is 5.73 Å². The summed E-state index contributed by atoms with van der Waals surface area (Å²) in [6.07, 6.45) is -1.70. The van der Waals surface area contributed by atoms with Gasteiger partial charge in [0.2, 0.25) is 0 Å². The molecule has 0 amide bonds. The molecule has 0 aliphatic heterocycles. The van der Waals surface area contributed by atoms with Gasteiger partial charge in [-0.2, -0.15) is 0 Å². The molecule has 72 valence electrons. The van der Waals surface area contributed by atoms with Crippen LogP contribution in [0.15, 0.2) is 12.3 Å². The number of hydrogen-bond donors (Lipinski definition) is 1. The second-order valence-corrected chi connectivity index (χ2v) is 2.69. The van der Waals surface area contributed by atoms with Gasteiger partial charge in [0.15, 0.2) is 5.82 Å². The molecule has 1 unspecified atom stereocenters. The van der Waals surface area contributed by atoms with Crippen molar-refractivity contribution in [3.8, 4) is 0 Å². The van der Waals surface area contributed by atoms with E-state index in [0.29, 0.717) is 0 Å². The lowest BCUT2D eigenvalue weighted by Crippen LogP contribution is -2.11. The Morgan fingerprint density at radius 1 is 1.46 bits per heavy atom. The van der Waals surface area contributed by atoms with Crippen LogP contribution in [0.25, 0.3) is 0 Å². The summed E-state index contributed by atoms with van der Waals surface area (Å²) in [6, 6.07) is 0.269. The molecule has 1 aromatic heterocycles. The van der Waals surface area contributed by atoms with Crippen molar-refractivity contribution in [1.82, 2.24) is 4.98 Å². The lowest BCUT2D eigenvalue weighted by atomic mass is 10.1. The molecule has 5 heteroatoms. The number of rotatable bonds is 2. The zero-order valence-electron chi connectivity index (χ0n) is 6.97. The van der Waals surface area contributed by atoms with Crippen LogP contribution in [0.3, 0.4) is 0 Å². The summed E-state index contributed by atoms with van der Waals surface area (Å²) < 4.78 is 37.5. The van der Waals surface area contributed by atoms with Crippen LogP contribution in [0.4, 0.5) is 13.2 Å². The molecule has 13 heavy (non-hydrogen) atoms. The van der Waals surface area contributed by atoms with Crippen molar-refractivity contribution in [2.75, 3.05) is 0 Å². The van der Waals surface area contributed by atoms with Crippen molar-refractivity contribution in [3.05, 3.63) is 29.3 Å². The lowest BCUT2D eigenvalue weighted by Gasteiger charge is -2.08. The van der Waals surface area contributed by atoms with Gasteiger partial charge in [-0.3, -0.25) is 4.98 Å². The van der Waals surface area contributed by atoms with Gasteiger partial charge in [0.25, 0.3) is 6.43 Å². The molecule has 0 radical (unpaired) electrons. The normalized spacial score (nSPS) is 13.4. The first-order valence-electron chi connectivity index (χ1n) is 3.72. The Balaban J connectivity index is 3.18. The topological polar surface area (TPSA) is 38.9 Å². The number of halogens is 3. The number of hydrogen-bond acceptors (Lipinski definition) is 2. The van der Waals surface area contributed by atoms with Gasteiger partial charge < -0.3 is 5.73 Å². The van der Waals surface area contributed by atoms with Crippen molar-refractivity contribution in [1.29, 1.82) is 0 Å². The van der Waals surface area contributed by atoms with Gasteiger partial charge >= 0.3 is 0 Å². The van der Waals surface area contributed by atoms with Crippen LogP contribution in [0.5, 0.6) is 0 Å². The molecule has 0 aliphatic carbocycles. The minimum absolute atomic E-state index is 0.127. The van der Waals surface area contributed by atoms with Gasteiger partial charge in [0.1, 0.15) is 0 Å². The molecule has 2 N–H and O–H groups in total. The molecule has 0 aromatic carbocycles. The molecule has 2 nitrogen and oxygen atoms in total. The van der Waals surface area contributed by atoms with Gasteiger partial charge in [-0.1, -0.05) is 0 Å².